The number of methoxy groups -OCH3 is 1. The summed E-state index contributed by atoms with van der Waals surface area (Å²) in [4.78, 5) is 11.2. The monoisotopic (exact) mass is 421 g/mol. The smallest absolute Gasteiger partial charge is 0.159 e. The fraction of sp³-hybridized carbons (Fsp3) is 0.542. The van der Waals surface area contributed by atoms with Gasteiger partial charge in [0.15, 0.2) is 5.82 Å². The fourth-order valence-corrected chi connectivity index (χ4v) is 5.09. The second-order valence-electron chi connectivity index (χ2n) is 9.91. The maximum Gasteiger partial charge on any atom is 0.159 e. The number of fused-ring (bicyclic) bond motifs is 1. The quantitative estimate of drug-likeness (QED) is 0.678. The van der Waals surface area contributed by atoms with E-state index in [9.17, 15) is 5.11 Å². The molecule has 2 fully saturated rings. The van der Waals surface area contributed by atoms with E-state index < -0.39 is 11.2 Å². The minimum absolute atomic E-state index is 0.274. The Bertz CT molecular complexity index is 1110. The first-order valence-electron chi connectivity index (χ1n) is 11.1. The summed E-state index contributed by atoms with van der Waals surface area (Å²) in [5.41, 5.74) is 1.15. The lowest BCUT2D eigenvalue weighted by Crippen LogP contribution is -2.53. The first-order chi connectivity index (χ1) is 14.7. The van der Waals surface area contributed by atoms with Crippen LogP contribution in [0.4, 0.5) is 5.82 Å². The number of nitrogens with zero attached hydrogens (tertiary/aromatic N) is 5. The highest BCUT2D eigenvalue weighted by Gasteiger charge is 2.49. The van der Waals surface area contributed by atoms with Gasteiger partial charge in [-0.25, -0.2) is 14.6 Å². The summed E-state index contributed by atoms with van der Waals surface area (Å²) in [5, 5.41) is 16.4. The van der Waals surface area contributed by atoms with Gasteiger partial charge in [0, 0.05) is 25.1 Å². The Labute approximate surface area is 183 Å². The van der Waals surface area contributed by atoms with E-state index in [1.165, 1.54) is 24.8 Å². The van der Waals surface area contributed by atoms with Gasteiger partial charge in [0.25, 0.3) is 0 Å². The van der Waals surface area contributed by atoms with Gasteiger partial charge in [-0.05, 0) is 50.2 Å². The third-order valence-electron chi connectivity index (χ3n) is 7.64. The molecule has 3 heterocycles. The summed E-state index contributed by atoms with van der Waals surface area (Å²) in [5.74, 6) is 1.56. The fourth-order valence-electron chi connectivity index (χ4n) is 5.09. The van der Waals surface area contributed by atoms with Crippen LogP contribution < -0.4 is 4.90 Å². The van der Waals surface area contributed by atoms with E-state index in [1.54, 1.807) is 13.4 Å². The van der Waals surface area contributed by atoms with Gasteiger partial charge in [0.1, 0.15) is 17.7 Å². The summed E-state index contributed by atoms with van der Waals surface area (Å²) >= 11 is 0. The largest absolute Gasteiger partial charge is 0.387 e. The number of anilines is 1. The van der Waals surface area contributed by atoms with Gasteiger partial charge < -0.3 is 14.7 Å². The van der Waals surface area contributed by atoms with Crippen LogP contribution in [-0.2, 0) is 10.2 Å². The van der Waals surface area contributed by atoms with Crippen molar-refractivity contribution in [2.24, 2.45) is 0 Å². The topological polar surface area (TPSA) is 76.3 Å². The van der Waals surface area contributed by atoms with Crippen molar-refractivity contribution in [2.45, 2.75) is 63.1 Å². The first kappa shape index (κ1) is 20.4. The van der Waals surface area contributed by atoms with Crippen LogP contribution in [0.25, 0.3) is 16.7 Å². The Morgan fingerprint density at radius 3 is 2.52 bits per heavy atom. The van der Waals surface area contributed by atoms with Crippen molar-refractivity contribution in [1.29, 1.82) is 0 Å². The maximum atomic E-state index is 10.7. The highest BCUT2D eigenvalue weighted by atomic mass is 16.5. The van der Waals surface area contributed by atoms with Crippen LogP contribution in [0.3, 0.4) is 0 Å². The molecule has 7 nitrogen and oxygen atoms in total. The molecule has 1 aromatic carbocycles. The van der Waals surface area contributed by atoms with Gasteiger partial charge in [-0.3, -0.25) is 0 Å². The Morgan fingerprint density at radius 2 is 1.87 bits per heavy atom. The van der Waals surface area contributed by atoms with Gasteiger partial charge in [-0.15, -0.1) is 0 Å². The lowest BCUT2D eigenvalue weighted by atomic mass is 9.66. The molecule has 0 unspecified atom stereocenters. The zero-order chi connectivity index (χ0) is 21.9. The summed E-state index contributed by atoms with van der Waals surface area (Å²) in [6.45, 7) is 7.30. The molecule has 7 heteroatoms. The van der Waals surface area contributed by atoms with Crippen molar-refractivity contribution in [3.05, 3.63) is 42.4 Å². The summed E-state index contributed by atoms with van der Waals surface area (Å²) in [6.07, 6.45) is 7.99. The summed E-state index contributed by atoms with van der Waals surface area (Å²) in [7, 11) is 1.67. The van der Waals surface area contributed by atoms with Gasteiger partial charge in [0.05, 0.1) is 23.9 Å². The predicted octanol–water partition coefficient (Wildman–Crippen LogP) is 3.62. The molecule has 1 saturated carbocycles. The van der Waals surface area contributed by atoms with Crippen molar-refractivity contribution in [3.63, 3.8) is 0 Å². The first-order valence-corrected chi connectivity index (χ1v) is 11.1. The van der Waals surface area contributed by atoms with Crippen molar-refractivity contribution in [1.82, 2.24) is 19.7 Å². The molecule has 0 bridgehead atoms. The number of benzene rings is 1. The van der Waals surface area contributed by atoms with Crippen LogP contribution in [-0.4, -0.2) is 56.3 Å². The van der Waals surface area contributed by atoms with Gasteiger partial charge in [0.2, 0.25) is 0 Å². The van der Waals surface area contributed by atoms with Crippen LogP contribution in [0, 0.1) is 0 Å². The Balaban J connectivity index is 1.49. The normalized spacial score (nSPS) is 23.3. The van der Waals surface area contributed by atoms with Gasteiger partial charge >= 0.3 is 0 Å². The van der Waals surface area contributed by atoms with E-state index in [0.29, 0.717) is 6.54 Å². The average Bonchev–Trinajstić information content (AvgIpc) is 3.36. The zero-order valence-corrected chi connectivity index (χ0v) is 18.8. The molecule has 2 aromatic heterocycles. The molecule has 0 radical (unpaired) electrons. The number of aromatic nitrogens is 4. The van der Waals surface area contributed by atoms with Crippen LogP contribution in [0.5, 0.6) is 0 Å². The second-order valence-corrected chi connectivity index (χ2v) is 9.91. The van der Waals surface area contributed by atoms with Crippen molar-refractivity contribution >= 4 is 16.7 Å². The molecular weight excluding hydrogens is 390 g/mol. The van der Waals surface area contributed by atoms with Crippen LogP contribution in [0.1, 0.15) is 52.0 Å². The lowest BCUT2D eigenvalue weighted by molar-refractivity contribution is -0.138. The molecule has 1 saturated heterocycles. The summed E-state index contributed by atoms with van der Waals surface area (Å²) < 4.78 is 7.69. The third kappa shape index (κ3) is 3.22. The number of aliphatic hydroxyl groups is 1. The standard InChI is InChI=1S/C24H31N5O2/c1-22(2,30)24(31-4)10-11-28(15-24)20-13-21(26-16-25-20)29-19-12-18(23(3)8-5-9-23)7-6-17(19)14-27-29/h6-7,12-14,16,30H,5,8-11,15H2,1-4H3/t24-/m1/s1. The molecule has 3 aromatic rings. The number of hydrogen-bond acceptors (Lipinski definition) is 6. The average molecular weight is 422 g/mol. The predicted molar refractivity (Wildman–Crippen MR) is 121 cm³/mol. The van der Waals surface area contributed by atoms with E-state index in [1.807, 2.05) is 30.8 Å². The lowest BCUT2D eigenvalue weighted by Gasteiger charge is -2.39. The Kier molecular flexibility index (Phi) is 4.61. The highest BCUT2D eigenvalue weighted by molar-refractivity contribution is 5.81. The van der Waals surface area contributed by atoms with E-state index in [2.05, 4.69) is 45.1 Å². The molecule has 0 spiro atoms. The molecular formula is C24H31N5O2. The minimum Gasteiger partial charge on any atom is -0.387 e. The van der Waals surface area contributed by atoms with Crippen LogP contribution >= 0.6 is 0 Å². The molecule has 1 aliphatic heterocycles. The third-order valence-corrected chi connectivity index (χ3v) is 7.64. The molecule has 1 atom stereocenters. The minimum atomic E-state index is -0.946. The molecule has 31 heavy (non-hydrogen) atoms. The Hall–Kier alpha value is -2.51. The van der Waals surface area contributed by atoms with Crippen molar-refractivity contribution in [2.75, 3.05) is 25.1 Å². The zero-order valence-electron chi connectivity index (χ0n) is 18.8. The SMILES string of the molecule is CO[C@]1(C(C)(C)O)CCN(c2cc(-n3ncc4ccc(C5(C)CCC5)cc43)ncn2)C1. The second kappa shape index (κ2) is 7.00. The maximum absolute atomic E-state index is 10.7. The molecule has 2 aliphatic rings. The number of ether oxygens (including phenoxy) is 1. The van der Waals surface area contributed by atoms with Gasteiger partial charge in [-0.2, -0.15) is 5.10 Å². The van der Waals surface area contributed by atoms with E-state index >= 15 is 0 Å². The molecule has 164 valence electrons. The number of rotatable bonds is 5. The van der Waals surface area contributed by atoms with E-state index in [0.717, 1.165) is 35.5 Å². The van der Waals surface area contributed by atoms with E-state index in [4.69, 9.17) is 4.74 Å². The van der Waals surface area contributed by atoms with Gasteiger partial charge in [-0.1, -0.05) is 25.5 Å². The van der Waals surface area contributed by atoms with E-state index in [-0.39, 0.29) is 5.41 Å². The Morgan fingerprint density at radius 1 is 1.10 bits per heavy atom. The molecule has 5 rings (SSSR count). The van der Waals surface area contributed by atoms with Crippen molar-refractivity contribution < 1.29 is 9.84 Å². The van der Waals surface area contributed by atoms with Crippen molar-refractivity contribution in [3.8, 4) is 5.82 Å². The summed E-state index contributed by atoms with van der Waals surface area (Å²) in [6, 6.07) is 8.64. The highest BCUT2D eigenvalue weighted by Crippen LogP contribution is 2.44. The number of hydrogen-bond donors (Lipinski definition) is 1. The molecule has 1 aliphatic carbocycles. The van der Waals surface area contributed by atoms with Crippen LogP contribution in [0.15, 0.2) is 36.8 Å². The molecule has 0 amide bonds. The van der Waals surface area contributed by atoms with Crippen LogP contribution in [0.2, 0.25) is 0 Å². The molecule has 1 N–H and O–H groups in total.